The lowest BCUT2D eigenvalue weighted by molar-refractivity contribution is -0.0893. The molecule has 0 saturated heterocycles. The molecule has 0 bridgehead atoms. The highest BCUT2D eigenvalue weighted by Gasteiger charge is 2.50. The third-order valence-electron chi connectivity index (χ3n) is 6.98. The molecule has 0 saturated carbocycles. The molecule has 0 spiro atoms. The number of halogens is 3. The molecule has 4 atom stereocenters. The summed E-state index contributed by atoms with van der Waals surface area (Å²) in [5.41, 5.74) is -1.38. The molecule has 178 valence electrons. The van der Waals surface area contributed by atoms with E-state index in [4.69, 9.17) is 4.74 Å². The summed E-state index contributed by atoms with van der Waals surface area (Å²) in [6.45, 7) is 3.84. The minimum Gasteiger partial charge on any atom is -0.497 e. The van der Waals surface area contributed by atoms with E-state index in [0.717, 1.165) is 25.0 Å². The fraction of sp³-hybridized carbons (Fsp3) is 0.583. The molecular weight excluding hydrogens is 441 g/mol. The van der Waals surface area contributed by atoms with E-state index in [-0.39, 0.29) is 17.1 Å². The molecule has 0 radical (unpaired) electrons. The molecule has 8 heteroatoms. The van der Waals surface area contributed by atoms with Crippen molar-refractivity contribution in [3.8, 4) is 5.75 Å². The van der Waals surface area contributed by atoms with Gasteiger partial charge in [0.1, 0.15) is 5.75 Å². The Labute approximate surface area is 188 Å². The van der Waals surface area contributed by atoms with Gasteiger partial charge in [-0.15, -0.1) is 0 Å². The summed E-state index contributed by atoms with van der Waals surface area (Å²) in [6.07, 6.45) is 0.744. The second-order valence-electron chi connectivity index (χ2n) is 8.87. The van der Waals surface area contributed by atoms with Gasteiger partial charge in [0.15, 0.2) is 9.84 Å². The molecule has 1 heterocycles. The Kier molecular flexibility index (Phi) is 7.15. The number of benzene rings is 1. The van der Waals surface area contributed by atoms with Crippen LogP contribution < -0.4 is 4.74 Å². The van der Waals surface area contributed by atoms with E-state index in [1.807, 2.05) is 13.8 Å². The highest BCUT2D eigenvalue weighted by Crippen LogP contribution is 2.51. The Balaban J connectivity index is 2.25. The van der Waals surface area contributed by atoms with Crippen molar-refractivity contribution in [1.29, 1.82) is 0 Å². The van der Waals surface area contributed by atoms with Gasteiger partial charge in [0.2, 0.25) is 0 Å². The number of unbranched alkanes of at least 4 members (excludes halogenated alkanes) is 1. The van der Waals surface area contributed by atoms with Crippen LogP contribution in [0.5, 0.6) is 5.75 Å². The predicted octanol–water partition coefficient (Wildman–Crippen LogP) is 5.58. The lowest BCUT2D eigenvalue weighted by Crippen LogP contribution is -2.44. The fourth-order valence-electron chi connectivity index (χ4n) is 5.14. The highest BCUT2D eigenvalue weighted by atomic mass is 32.2. The smallest absolute Gasteiger partial charge is 0.416 e. The van der Waals surface area contributed by atoms with Crippen LogP contribution in [-0.4, -0.2) is 38.7 Å². The number of allylic oxidation sites excluding steroid dienone is 4. The SMILES string of the molecule is CCCC[C@]1(CC)CS(=O)(=O)c2ccc(OC)cc2[C@H](C2C=C(C(F)(F)F)C=CC2)[C@@H]1O. The fourth-order valence-corrected chi connectivity index (χ4v) is 7.40. The number of alkyl halides is 3. The number of hydrogen-bond acceptors (Lipinski definition) is 4. The number of ether oxygens (including phenoxy) is 1. The summed E-state index contributed by atoms with van der Waals surface area (Å²) in [4.78, 5) is 0.0747. The van der Waals surface area contributed by atoms with Gasteiger partial charge in [-0.3, -0.25) is 0 Å². The van der Waals surface area contributed by atoms with Gasteiger partial charge in [-0.05, 0) is 48.9 Å². The molecular formula is C24H31F3O4S. The third-order valence-corrected chi connectivity index (χ3v) is 8.97. The van der Waals surface area contributed by atoms with Crippen molar-refractivity contribution in [2.24, 2.45) is 11.3 Å². The molecule has 3 rings (SSSR count). The average molecular weight is 473 g/mol. The van der Waals surface area contributed by atoms with Crippen molar-refractivity contribution in [2.75, 3.05) is 12.9 Å². The normalized spacial score (nSPS) is 29.7. The molecule has 1 aromatic rings. The van der Waals surface area contributed by atoms with Crippen LogP contribution in [0.25, 0.3) is 0 Å². The average Bonchev–Trinajstić information content (AvgIpc) is 2.82. The summed E-state index contributed by atoms with van der Waals surface area (Å²) < 4.78 is 72.7. The molecule has 1 unspecified atom stereocenters. The summed E-state index contributed by atoms with van der Waals surface area (Å²) >= 11 is 0. The third kappa shape index (κ3) is 4.62. The maximum Gasteiger partial charge on any atom is 0.416 e. The van der Waals surface area contributed by atoms with Crippen molar-refractivity contribution in [3.05, 3.63) is 47.6 Å². The van der Waals surface area contributed by atoms with Crippen molar-refractivity contribution in [3.63, 3.8) is 0 Å². The Bertz CT molecular complexity index is 997. The van der Waals surface area contributed by atoms with E-state index >= 15 is 0 Å². The Hall–Kier alpha value is -1.80. The zero-order valence-electron chi connectivity index (χ0n) is 18.7. The zero-order chi connectivity index (χ0) is 23.7. The molecule has 1 aliphatic carbocycles. The lowest BCUT2D eigenvalue weighted by atomic mass is 9.66. The lowest BCUT2D eigenvalue weighted by Gasteiger charge is -2.41. The van der Waals surface area contributed by atoms with Crippen LogP contribution in [0.15, 0.2) is 46.9 Å². The van der Waals surface area contributed by atoms with E-state index in [0.29, 0.717) is 24.2 Å². The van der Waals surface area contributed by atoms with Crippen LogP contribution >= 0.6 is 0 Å². The van der Waals surface area contributed by atoms with Crippen LogP contribution in [-0.2, 0) is 9.84 Å². The topological polar surface area (TPSA) is 63.6 Å². The van der Waals surface area contributed by atoms with E-state index in [1.165, 1.54) is 19.3 Å². The molecule has 0 fully saturated rings. The van der Waals surface area contributed by atoms with Crippen LogP contribution in [0, 0.1) is 11.3 Å². The first-order valence-corrected chi connectivity index (χ1v) is 12.7. The Morgan fingerprint density at radius 1 is 1.25 bits per heavy atom. The molecule has 1 aliphatic heterocycles. The van der Waals surface area contributed by atoms with Gasteiger partial charge >= 0.3 is 6.18 Å². The van der Waals surface area contributed by atoms with Crippen molar-refractivity contribution < 1.29 is 31.4 Å². The van der Waals surface area contributed by atoms with E-state index in [2.05, 4.69) is 0 Å². The van der Waals surface area contributed by atoms with Crippen LogP contribution in [0.2, 0.25) is 0 Å². The molecule has 4 nitrogen and oxygen atoms in total. The van der Waals surface area contributed by atoms with E-state index in [1.54, 1.807) is 12.1 Å². The number of rotatable bonds is 6. The van der Waals surface area contributed by atoms with Gasteiger partial charge in [-0.1, -0.05) is 44.9 Å². The number of sulfone groups is 1. The van der Waals surface area contributed by atoms with Crippen molar-refractivity contribution >= 4 is 9.84 Å². The summed E-state index contributed by atoms with van der Waals surface area (Å²) in [5.74, 6) is -1.33. The Morgan fingerprint density at radius 3 is 2.56 bits per heavy atom. The second-order valence-corrected chi connectivity index (χ2v) is 10.8. The van der Waals surface area contributed by atoms with Crippen molar-refractivity contribution in [2.45, 2.75) is 69.0 Å². The predicted molar refractivity (Wildman–Crippen MR) is 117 cm³/mol. The number of fused-ring (bicyclic) bond motifs is 1. The first-order valence-electron chi connectivity index (χ1n) is 11.0. The van der Waals surface area contributed by atoms with Crippen LogP contribution in [0.1, 0.15) is 57.4 Å². The highest BCUT2D eigenvalue weighted by molar-refractivity contribution is 7.91. The van der Waals surface area contributed by atoms with Crippen LogP contribution in [0.4, 0.5) is 13.2 Å². The molecule has 0 aromatic heterocycles. The van der Waals surface area contributed by atoms with Gasteiger partial charge < -0.3 is 9.84 Å². The number of aliphatic hydroxyl groups excluding tert-OH is 1. The molecule has 1 aromatic carbocycles. The van der Waals surface area contributed by atoms with Gasteiger partial charge in [0, 0.05) is 11.3 Å². The number of aliphatic hydroxyl groups is 1. The Morgan fingerprint density at radius 2 is 1.97 bits per heavy atom. The standard InChI is InChI=1S/C24H31F3O4S/c1-4-6-12-23(5-2)15-32(29,30)20-11-10-18(31-3)14-19(20)21(22(23)28)16-8-7-9-17(13-16)24(25,26)27/h7,9-11,13-14,16,21-22,28H,4-6,8,12,15H2,1-3H3/t16?,21-,22-,23+/m0/s1. The second kappa shape index (κ2) is 9.21. The maximum atomic E-state index is 13.5. The van der Waals surface area contributed by atoms with E-state index < -0.39 is 44.9 Å². The number of hydrogen-bond donors (Lipinski definition) is 1. The van der Waals surface area contributed by atoms with Gasteiger partial charge in [0.25, 0.3) is 0 Å². The van der Waals surface area contributed by atoms with Gasteiger partial charge in [-0.2, -0.15) is 13.2 Å². The zero-order valence-corrected chi connectivity index (χ0v) is 19.5. The first-order chi connectivity index (χ1) is 15.0. The maximum absolute atomic E-state index is 13.5. The van der Waals surface area contributed by atoms with Crippen LogP contribution in [0.3, 0.4) is 0 Å². The molecule has 1 N–H and O–H groups in total. The summed E-state index contributed by atoms with van der Waals surface area (Å²) in [5, 5.41) is 11.7. The summed E-state index contributed by atoms with van der Waals surface area (Å²) in [6, 6.07) is 4.57. The molecule has 0 amide bonds. The monoisotopic (exact) mass is 472 g/mol. The molecule has 2 aliphatic rings. The van der Waals surface area contributed by atoms with Crippen molar-refractivity contribution in [1.82, 2.24) is 0 Å². The van der Waals surface area contributed by atoms with E-state index in [9.17, 15) is 26.7 Å². The number of methoxy groups -OCH3 is 1. The van der Waals surface area contributed by atoms with Gasteiger partial charge in [-0.25, -0.2) is 8.42 Å². The molecule has 32 heavy (non-hydrogen) atoms. The minimum atomic E-state index is -4.52. The summed E-state index contributed by atoms with van der Waals surface area (Å²) in [7, 11) is -2.33. The quantitative estimate of drug-likeness (QED) is 0.587. The first kappa shape index (κ1) is 24.8. The van der Waals surface area contributed by atoms with Gasteiger partial charge in [0.05, 0.1) is 29.4 Å². The largest absolute Gasteiger partial charge is 0.497 e. The minimum absolute atomic E-state index is 0.0747.